The van der Waals surface area contributed by atoms with Gasteiger partial charge >= 0.3 is 7.12 Å². The minimum atomic E-state index is -1.61. The second kappa shape index (κ2) is 8.26. The molecule has 4 aromatic carbocycles. The molecule has 0 amide bonds. The summed E-state index contributed by atoms with van der Waals surface area (Å²) in [5, 5.41) is 22.4. The summed E-state index contributed by atoms with van der Waals surface area (Å²) in [6.07, 6.45) is 1.82. The highest BCUT2D eigenvalue weighted by Gasteiger charge is 2.23. The normalized spacial score (nSPS) is 11.2. The second-order valence-corrected chi connectivity index (χ2v) is 8.13. The van der Waals surface area contributed by atoms with Gasteiger partial charge in [0.15, 0.2) is 5.82 Å². The third-order valence-electron chi connectivity index (χ3n) is 6.09. The molecule has 0 unspecified atom stereocenters. The molecule has 5 nitrogen and oxygen atoms in total. The Morgan fingerprint density at radius 1 is 0.647 bits per heavy atom. The Morgan fingerprint density at radius 2 is 1.29 bits per heavy atom. The first-order valence-electron chi connectivity index (χ1n) is 11.1. The van der Waals surface area contributed by atoms with Crippen LogP contribution < -0.4 is 5.46 Å². The fraction of sp³-hybridized carbons (Fsp3) is 0. The zero-order valence-corrected chi connectivity index (χ0v) is 18.2. The molecule has 2 aromatic heterocycles. The molecule has 2 heterocycles. The van der Waals surface area contributed by atoms with Crippen LogP contribution in [0, 0.1) is 0 Å². The Labute approximate surface area is 196 Å². The van der Waals surface area contributed by atoms with Crippen molar-refractivity contribution in [1.29, 1.82) is 0 Å². The largest absolute Gasteiger partial charge is 0.490 e. The Kier molecular flexibility index (Phi) is 4.95. The van der Waals surface area contributed by atoms with Crippen LogP contribution in [0.4, 0.5) is 0 Å². The molecule has 0 bridgehead atoms. The highest BCUT2D eigenvalue weighted by atomic mass is 16.4. The standard InChI is InChI=1S/C28H20BN3O2/c33-29(34)23-16-9-15-22-21-14-7-8-17-24(21)32(27(22)23)25-18-30-28(20-12-5-2-6-13-20)31-26(25)19-10-3-1-4-11-19/h1-18,33-34H. The van der Waals surface area contributed by atoms with Gasteiger partial charge in [-0.25, -0.2) is 9.97 Å². The molecule has 6 aromatic rings. The topological polar surface area (TPSA) is 71.2 Å². The summed E-state index contributed by atoms with van der Waals surface area (Å²) in [5.74, 6) is 0.631. The number of benzene rings is 4. The van der Waals surface area contributed by atoms with E-state index in [0.29, 0.717) is 11.3 Å². The molecule has 0 atom stereocenters. The lowest BCUT2D eigenvalue weighted by Crippen LogP contribution is -2.31. The maximum atomic E-state index is 10.2. The number of hydrogen-bond donors (Lipinski definition) is 2. The third-order valence-corrected chi connectivity index (χ3v) is 6.09. The molecule has 0 radical (unpaired) electrons. The monoisotopic (exact) mass is 441 g/mol. The van der Waals surface area contributed by atoms with Crippen molar-refractivity contribution in [2.75, 3.05) is 0 Å². The number of fused-ring (bicyclic) bond motifs is 3. The van der Waals surface area contributed by atoms with E-state index in [4.69, 9.17) is 9.97 Å². The van der Waals surface area contributed by atoms with E-state index in [0.717, 1.165) is 44.3 Å². The van der Waals surface area contributed by atoms with Crippen LogP contribution in [-0.4, -0.2) is 31.7 Å². The maximum absolute atomic E-state index is 10.2. The van der Waals surface area contributed by atoms with Gasteiger partial charge in [-0.3, -0.25) is 0 Å². The summed E-state index contributed by atoms with van der Waals surface area (Å²) >= 11 is 0. The molecule has 0 aliphatic heterocycles. The van der Waals surface area contributed by atoms with Crippen molar-refractivity contribution in [3.8, 4) is 28.3 Å². The van der Waals surface area contributed by atoms with Crippen molar-refractivity contribution in [3.05, 3.63) is 109 Å². The van der Waals surface area contributed by atoms with Crippen LogP contribution in [0.3, 0.4) is 0 Å². The number of para-hydroxylation sites is 2. The molecular formula is C28H20BN3O2. The van der Waals surface area contributed by atoms with E-state index in [1.165, 1.54) is 0 Å². The molecule has 0 aliphatic carbocycles. The number of nitrogens with zero attached hydrogens (tertiary/aromatic N) is 3. The first kappa shape index (κ1) is 20.4. The van der Waals surface area contributed by atoms with E-state index in [1.807, 2.05) is 108 Å². The van der Waals surface area contributed by atoms with Gasteiger partial charge in [0.1, 0.15) is 0 Å². The predicted octanol–water partition coefficient (Wildman–Crippen LogP) is 4.59. The van der Waals surface area contributed by atoms with E-state index >= 15 is 0 Å². The summed E-state index contributed by atoms with van der Waals surface area (Å²) < 4.78 is 2.04. The summed E-state index contributed by atoms with van der Waals surface area (Å²) in [4.78, 5) is 9.72. The third kappa shape index (κ3) is 3.28. The molecule has 2 N–H and O–H groups in total. The summed E-state index contributed by atoms with van der Waals surface area (Å²) in [5.41, 5.74) is 5.51. The highest BCUT2D eigenvalue weighted by molar-refractivity contribution is 6.62. The Hall–Kier alpha value is -4.26. The SMILES string of the molecule is OB(O)c1cccc2c3ccccc3n(-c3cnc(-c4ccccc4)nc3-c3ccccc3)c12. The first-order valence-corrected chi connectivity index (χ1v) is 11.1. The summed E-state index contributed by atoms with van der Waals surface area (Å²) in [6, 6.07) is 33.5. The zero-order valence-electron chi connectivity index (χ0n) is 18.2. The molecule has 0 spiro atoms. The van der Waals surface area contributed by atoms with Crippen molar-refractivity contribution >= 4 is 34.4 Å². The van der Waals surface area contributed by atoms with Gasteiger partial charge in [0, 0.05) is 27.4 Å². The van der Waals surface area contributed by atoms with Gasteiger partial charge in [0.05, 0.1) is 28.6 Å². The Bertz CT molecular complexity index is 1630. The Morgan fingerprint density at radius 3 is 2.03 bits per heavy atom. The van der Waals surface area contributed by atoms with Gasteiger partial charge in [-0.2, -0.15) is 0 Å². The zero-order chi connectivity index (χ0) is 23.1. The van der Waals surface area contributed by atoms with Crippen LogP contribution in [0.2, 0.25) is 0 Å². The van der Waals surface area contributed by atoms with E-state index in [2.05, 4.69) is 0 Å². The molecule has 6 rings (SSSR count). The first-order chi connectivity index (χ1) is 16.7. The van der Waals surface area contributed by atoms with Gasteiger partial charge in [-0.05, 0) is 6.07 Å². The highest BCUT2D eigenvalue weighted by Crippen LogP contribution is 2.35. The quantitative estimate of drug-likeness (QED) is 0.393. The van der Waals surface area contributed by atoms with Crippen LogP contribution in [0.25, 0.3) is 50.1 Å². The number of hydrogen-bond acceptors (Lipinski definition) is 4. The predicted molar refractivity (Wildman–Crippen MR) is 137 cm³/mol. The van der Waals surface area contributed by atoms with Crippen molar-refractivity contribution < 1.29 is 10.0 Å². The minimum Gasteiger partial charge on any atom is -0.423 e. The fourth-order valence-corrected chi connectivity index (χ4v) is 4.58. The Balaban J connectivity index is 1.73. The van der Waals surface area contributed by atoms with Crippen LogP contribution in [0.5, 0.6) is 0 Å². The average Bonchev–Trinajstić information content (AvgIpc) is 3.24. The second-order valence-electron chi connectivity index (χ2n) is 8.13. The van der Waals surface area contributed by atoms with Crippen LogP contribution in [0.15, 0.2) is 109 Å². The minimum absolute atomic E-state index is 0.430. The lowest BCUT2D eigenvalue weighted by atomic mass is 9.79. The molecule has 162 valence electrons. The molecular weight excluding hydrogens is 421 g/mol. The summed E-state index contributed by atoms with van der Waals surface area (Å²) in [7, 11) is -1.61. The van der Waals surface area contributed by atoms with E-state index in [1.54, 1.807) is 6.07 Å². The number of rotatable bonds is 4. The maximum Gasteiger partial charge on any atom is 0.490 e. The van der Waals surface area contributed by atoms with Crippen molar-refractivity contribution in [3.63, 3.8) is 0 Å². The van der Waals surface area contributed by atoms with Crippen LogP contribution >= 0.6 is 0 Å². The molecule has 34 heavy (non-hydrogen) atoms. The lowest BCUT2D eigenvalue weighted by molar-refractivity contribution is 0.426. The van der Waals surface area contributed by atoms with E-state index in [-0.39, 0.29) is 0 Å². The van der Waals surface area contributed by atoms with E-state index < -0.39 is 7.12 Å². The van der Waals surface area contributed by atoms with Gasteiger partial charge in [0.2, 0.25) is 0 Å². The molecule has 0 saturated heterocycles. The van der Waals surface area contributed by atoms with Crippen LogP contribution in [0.1, 0.15) is 0 Å². The van der Waals surface area contributed by atoms with Gasteiger partial charge in [-0.1, -0.05) is 97.1 Å². The average molecular weight is 441 g/mol. The van der Waals surface area contributed by atoms with E-state index in [9.17, 15) is 10.0 Å². The molecule has 0 aliphatic rings. The van der Waals surface area contributed by atoms with Gasteiger partial charge in [-0.15, -0.1) is 0 Å². The summed E-state index contributed by atoms with van der Waals surface area (Å²) in [6.45, 7) is 0. The van der Waals surface area contributed by atoms with Crippen molar-refractivity contribution in [2.45, 2.75) is 0 Å². The molecule has 0 fully saturated rings. The van der Waals surface area contributed by atoms with Gasteiger partial charge in [0.25, 0.3) is 0 Å². The number of aromatic nitrogens is 3. The van der Waals surface area contributed by atoms with Gasteiger partial charge < -0.3 is 14.6 Å². The fourth-order valence-electron chi connectivity index (χ4n) is 4.58. The van der Waals surface area contributed by atoms with Crippen molar-refractivity contribution in [2.24, 2.45) is 0 Å². The molecule has 0 saturated carbocycles. The van der Waals surface area contributed by atoms with Crippen LogP contribution in [-0.2, 0) is 0 Å². The smallest absolute Gasteiger partial charge is 0.423 e. The van der Waals surface area contributed by atoms with Crippen molar-refractivity contribution in [1.82, 2.24) is 14.5 Å². The molecule has 6 heteroatoms. The lowest BCUT2D eigenvalue weighted by Gasteiger charge is -2.15.